The Morgan fingerprint density at radius 3 is 1.93 bits per heavy atom. The molecule has 1 nitrogen and oxygen atoms in total. The van der Waals surface area contributed by atoms with Crippen LogP contribution in [0, 0.1) is 17.3 Å². The monoisotopic (exact) mass is 200 g/mol. The third kappa shape index (κ3) is 6.42. The molecule has 0 aromatic heterocycles. The highest BCUT2D eigenvalue weighted by atomic mass is 16.3. The van der Waals surface area contributed by atoms with E-state index in [-0.39, 0.29) is 6.10 Å². The molecule has 0 aliphatic rings. The molecule has 1 heteroatoms. The first-order valence-corrected chi connectivity index (χ1v) is 5.92. The van der Waals surface area contributed by atoms with E-state index in [4.69, 9.17) is 0 Å². The van der Waals surface area contributed by atoms with Gasteiger partial charge in [0.05, 0.1) is 6.10 Å². The molecule has 0 saturated carbocycles. The molecule has 0 saturated heterocycles. The van der Waals surface area contributed by atoms with Crippen LogP contribution in [0.3, 0.4) is 0 Å². The van der Waals surface area contributed by atoms with Gasteiger partial charge in [-0.2, -0.15) is 0 Å². The van der Waals surface area contributed by atoms with Crippen LogP contribution < -0.4 is 0 Å². The molecule has 14 heavy (non-hydrogen) atoms. The molecule has 0 fully saturated rings. The lowest BCUT2D eigenvalue weighted by Crippen LogP contribution is -2.22. The van der Waals surface area contributed by atoms with Crippen LogP contribution in [-0.2, 0) is 0 Å². The number of rotatable bonds is 5. The van der Waals surface area contributed by atoms with Crippen LogP contribution in [0.25, 0.3) is 0 Å². The van der Waals surface area contributed by atoms with E-state index < -0.39 is 0 Å². The SMILES string of the molecule is CC(C)C(C)C(O)CCCC(C)(C)C. The summed E-state index contributed by atoms with van der Waals surface area (Å²) in [6.45, 7) is 13.3. The molecule has 0 bridgehead atoms. The summed E-state index contributed by atoms with van der Waals surface area (Å²) in [6.07, 6.45) is 3.19. The maximum absolute atomic E-state index is 9.88. The third-order valence-electron chi connectivity index (χ3n) is 3.09. The molecule has 0 amide bonds. The Hall–Kier alpha value is -0.0400. The van der Waals surface area contributed by atoms with E-state index >= 15 is 0 Å². The van der Waals surface area contributed by atoms with E-state index in [0.717, 1.165) is 12.8 Å². The maximum Gasteiger partial charge on any atom is 0.0568 e. The average Bonchev–Trinajstić information content (AvgIpc) is 2.00. The van der Waals surface area contributed by atoms with Gasteiger partial charge in [0.25, 0.3) is 0 Å². The lowest BCUT2D eigenvalue weighted by molar-refractivity contribution is 0.0788. The zero-order valence-electron chi connectivity index (χ0n) is 10.8. The molecule has 1 N–H and O–H groups in total. The summed E-state index contributed by atoms with van der Waals surface area (Å²) in [4.78, 5) is 0. The third-order valence-corrected chi connectivity index (χ3v) is 3.09. The van der Waals surface area contributed by atoms with Crippen LogP contribution in [-0.4, -0.2) is 11.2 Å². The largest absolute Gasteiger partial charge is 0.393 e. The topological polar surface area (TPSA) is 20.2 Å². The van der Waals surface area contributed by atoms with Gasteiger partial charge in [0.2, 0.25) is 0 Å². The molecule has 0 rings (SSSR count). The van der Waals surface area contributed by atoms with Gasteiger partial charge >= 0.3 is 0 Å². The zero-order chi connectivity index (χ0) is 11.4. The van der Waals surface area contributed by atoms with Crippen molar-refractivity contribution in [2.45, 2.75) is 66.9 Å². The Morgan fingerprint density at radius 2 is 1.57 bits per heavy atom. The van der Waals surface area contributed by atoms with Crippen LogP contribution in [0.1, 0.15) is 60.8 Å². The standard InChI is InChI=1S/C13H28O/c1-10(2)11(3)12(14)8-7-9-13(4,5)6/h10-12,14H,7-9H2,1-6H3. The molecule has 0 spiro atoms. The van der Waals surface area contributed by atoms with Gasteiger partial charge in [0.1, 0.15) is 0 Å². The van der Waals surface area contributed by atoms with E-state index in [1.165, 1.54) is 6.42 Å². The minimum Gasteiger partial charge on any atom is -0.393 e. The molecule has 2 unspecified atom stereocenters. The molecule has 0 aromatic carbocycles. The molecule has 86 valence electrons. The van der Waals surface area contributed by atoms with Gasteiger partial charge in [0.15, 0.2) is 0 Å². The summed E-state index contributed by atoms with van der Waals surface area (Å²) in [5, 5.41) is 9.88. The second-order valence-corrected chi connectivity index (χ2v) is 6.12. The highest BCUT2D eigenvalue weighted by molar-refractivity contribution is 4.69. The Labute approximate surface area is 89.9 Å². The van der Waals surface area contributed by atoms with Crippen LogP contribution in [0.4, 0.5) is 0 Å². The van der Waals surface area contributed by atoms with Crippen molar-refractivity contribution in [1.29, 1.82) is 0 Å². The summed E-state index contributed by atoms with van der Waals surface area (Å²) < 4.78 is 0. The van der Waals surface area contributed by atoms with Crippen molar-refractivity contribution in [2.75, 3.05) is 0 Å². The van der Waals surface area contributed by atoms with E-state index in [9.17, 15) is 5.11 Å². The van der Waals surface area contributed by atoms with Gasteiger partial charge in [0, 0.05) is 0 Å². The molecule has 0 aromatic rings. The molecule has 0 heterocycles. The van der Waals surface area contributed by atoms with Crippen molar-refractivity contribution in [3.8, 4) is 0 Å². The highest BCUT2D eigenvalue weighted by Gasteiger charge is 2.18. The van der Waals surface area contributed by atoms with Gasteiger partial charge in [-0.1, -0.05) is 48.0 Å². The average molecular weight is 200 g/mol. The zero-order valence-corrected chi connectivity index (χ0v) is 10.8. The second-order valence-electron chi connectivity index (χ2n) is 6.12. The molecule has 2 atom stereocenters. The minimum absolute atomic E-state index is 0.114. The van der Waals surface area contributed by atoms with Crippen molar-refractivity contribution >= 4 is 0 Å². The molecule has 0 aliphatic carbocycles. The quantitative estimate of drug-likeness (QED) is 0.714. The number of aliphatic hydroxyl groups excluding tert-OH is 1. The highest BCUT2D eigenvalue weighted by Crippen LogP contribution is 2.24. The van der Waals surface area contributed by atoms with Crippen LogP contribution in [0.2, 0.25) is 0 Å². The van der Waals surface area contributed by atoms with Crippen molar-refractivity contribution < 1.29 is 5.11 Å². The Bertz CT molecular complexity index is 144. The van der Waals surface area contributed by atoms with Crippen molar-refractivity contribution in [3.05, 3.63) is 0 Å². The first kappa shape index (κ1) is 14.0. The minimum atomic E-state index is -0.114. The van der Waals surface area contributed by atoms with Crippen LogP contribution in [0.15, 0.2) is 0 Å². The second kappa shape index (κ2) is 5.75. The van der Waals surface area contributed by atoms with Crippen molar-refractivity contribution in [1.82, 2.24) is 0 Å². The molecular weight excluding hydrogens is 172 g/mol. The van der Waals surface area contributed by atoms with Crippen LogP contribution >= 0.6 is 0 Å². The van der Waals surface area contributed by atoms with Crippen LogP contribution in [0.5, 0.6) is 0 Å². The first-order chi connectivity index (χ1) is 6.24. The normalized spacial score (nSPS) is 17.1. The summed E-state index contributed by atoms with van der Waals surface area (Å²) in [5.41, 5.74) is 0.404. The van der Waals surface area contributed by atoms with Crippen molar-refractivity contribution in [2.24, 2.45) is 17.3 Å². The predicted molar refractivity (Wildman–Crippen MR) is 63.3 cm³/mol. The fourth-order valence-electron chi connectivity index (χ4n) is 1.55. The molecular formula is C13H28O. The number of hydrogen-bond acceptors (Lipinski definition) is 1. The molecule has 0 radical (unpaired) electrons. The smallest absolute Gasteiger partial charge is 0.0568 e. The summed E-state index contributed by atoms with van der Waals surface area (Å²) >= 11 is 0. The summed E-state index contributed by atoms with van der Waals surface area (Å²) in [7, 11) is 0. The lowest BCUT2D eigenvalue weighted by Gasteiger charge is -2.24. The van der Waals surface area contributed by atoms with Gasteiger partial charge in [-0.15, -0.1) is 0 Å². The first-order valence-electron chi connectivity index (χ1n) is 5.92. The van der Waals surface area contributed by atoms with E-state index in [2.05, 4.69) is 41.5 Å². The van der Waals surface area contributed by atoms with E-state index in [0.29, 0.717) is 17.3 Å². The Morgan fingerprint density at radius 1 is 1.07 bits per heavy atom. The Balaban J connectivity index is 3.69. The fraction of sp³-hybridized carbons (Fsp3) is 1.00. The summed E-state index contributed by atoms with van der Waals surface area (Å²) in [6, 6.07) is 0. The van der Waals surface area contributed by atoms with E-state index in [1.54, 1.807) is 0 Å². The predicted octanol–water partition coefficient (Wildman–Crippen LogP) is 3.86. The maximum atomic E-state index is 9.88. The fourth-order valence-corrected chi connectivity index (χ4v) is 1.55. The summed E-state index contributed by atoms with van der Waals surface area (Å²) in [5.74, 6) is 1.01. The molecule has 0 aliphatic heterocycles. The Kier molecular flexibility index (Phi) is 5.73. The number of hydrogen-bond donors (Lipinski definition) is 1. The van der Waals surface area contributed by atoms with Gasteiger partial charge in [-0.3, -0.25) is 0 Å². The van der Waals surface area contributed by atoms with Gasteiger partial charge in [-0.05, 0) is 30.1 Å². The van der Waals surface area contributed by atoms with E-state index in [1.807, 2.05) is 0 Å². The lowest BCUT2D eigenvalue weighted by atomic mass is 9.85. The number of aliphatic hydroxyl groups is 1. The van der Waals surface area contributed by atoms with Gasteiger partial charge < -0.3 is 5.11 Å². The van der Waals surface area contributed by atoms with Crippen molar-refractivity contribution in [3.63, 3.8) is 0 Å². The van der Waals surface area contributed by atoms with Gasteiger partial charge in [-0.25, -0.2) is 0 Å².